The number of nitrogens with one attached hydrogen (secondary N) is 2. The smallest absolute Gasteiger partial charge is 0.228 e. The maximum absolute atomic E-state index is 12.9. The third-order valence-corrected chi connectivity index (χ3v) is 4.60. The van der Waals surface area contributed by atoms with Crippen molar-refractivity contribution in [3.8, 4) is 5.75 Å². The van der Waals surface area contributed by atoms with E-state index in [1.165, 1.54) is 12.1 Å². The van der Waals surface area contributed by atoms with E-state index in [1.54, 1.807) is 18.2 Å². The number of rotatable bonds is 8. The fourth-order valence-corrected chi connectivity index (χ4v) is 3.04. The minimum atomic E-state index is -0.321. The Hall–Kier alpha value is -2.89. The summed E-state index contributed by atoms with van der Waals surface area (Å²) in [5.41, 5.74) is 1.57. The summed E-state index contributed by atoms with van der Waals surface area (Å²) in [5.74, 6) is -0.566. The summed E-state index contributed by atoms with van der Waals surface area (Å²) >= 11 is 0. The lowest BCUT2D eigenvalue weighted by Gasteiger charge is -2.14. The molecule has 2 amide bonds. The molecule has 1 fully saturated rings. The Morgan fingerprint density at radius 3 is 2.46 bits per heavy atom. The van der Waals surface area contributed by atoms with Crippen molar-refractivity contribution < 1.29 is 18.7 Å². The molecule has 0 saturated heterocycles. The van der Waals surface area contributed by atoms with Gasteiger partial charge >= 0.3 is 0 Å². The predicted octanol–water partition coefficient (Wildman–Crippen LogP) is 3.55. The van der Waals surface area contributed by atoms with E-state index in [-0.39, 0.29) is 35.6 Å². The molecule has 1 saturated carbocycles. The number of amides is 2. The van der Waals surface area contributed by atoms with Crippen molar-refractivity contribution >= 4 is 17.5 Å². The third-order valence-electron chi connectivity index (χ3n) is 4.60. The van der Waals surface area contributed by atoms with Crippen molar-refractivity contribution in [1.82, 2.24) is 5.32 Å². The molecule has 0 bridgehead atoms. The molecule has 0 aliphatic heterocycles. The monoisotopic (exact) mass is 384 g/mol. The molecule has 148 valence electrons. The van der Waals surface area contributed by atoms with Gasteiger partial charge in [0.2, 0.25) is 11.8 Å². The highest BCUT2D eigenvalue weighted by Crippen LogP contribution is 2.40. The first-order valence-corrected chi connectivity index (χ1v) is 9.52. The van der Waals surface area contributed by atoms with Gasteiger partial charge in [0.15, 0.2) is 0 Å². The predicted molar refractivity (Wildman–Crippen MR) is 106 cm³/mol. The maximum atomic E-state index is 12.9. The van der Waals surface area contributed by atoms with Crippen molar-refractivity contribution in [1.29, 1.82) is 0 Å². The van der Waals surface area contributed by atoms with E-state index in [2.05, 4.69) is 10.6 Å². The van der Waals surface area contributed by atoms with Crippen molar-refractivity contribution in [2.75, 3.05) is 11.9 Å². The zero-order valence-electron chi connectivity index (χ0n) is 16.1. The molecule has 1 aliphatic carbocycles. The molecular formula is C22H25FN2O3. The molecule has 28 heavy (non-hydrogen) atoms. The number of hydrogen-bond donors (Lipinski definition) is 2. The topological polar surface area (TPSA) is 67.4 Å². The molecule has 2 N–H and O–H groups in total. The highest BCUT2D eigenvalue weighted by Gasteiger charge is 2.48. The molecule has 3 rings (SSSR count). The van der Waals surface area contributed by atoms with Crippen molar-refractivity contribution in [3.05, 3.63) is 59.9 Å². The maximum Gasteiger partial charge on any atom is 0.228 e. The molecule has 5 nitrogen and oxygen atoms in total. The number of anilines is 1. The summed E-state index contributed by atoms with van der Waals surface area (Å²) in [4.78, 5) is 24.7. The second kappa shape index (κ2) is 8.87. The average molecular weight is 384 g/mol. The van der Waals surface area contributed by atoms with Gasteiger partial charge in [-0.3, -0.25) is 9.59 Å². The molecule has 0 radical (unpaired) electrons. The van der Waals surface area contributed by atoms with Crippen molar-refractivity contribution in [3.63, 3.8) is 0 Å². The van der Waals surface area contributed by atoms with Gasteiger partial charge < -0.3 is 15.4 Å². The van der Waals surface area contributed by atoms with Crippen LogP contribution in [0.5, 0.6) is 5.75 Å². The molecule has 2 aromatic carbocycles. The summed E-state index contributed by atoms with van der Waals surface area (Å²) in [6, 6.07) is 13.5. The minimum Gasteiger partial charge on any atom is -0.489 e. The van der Waals surface area contributed by atoms with Gasteiger partial charge in [-0.25, -0.2) is 4.39 Å². The highest BCUT2D eigenvalue weighted by atomic mass is 19.1. The van der Waals surface area contributed by atoms with E-state index in [9.17, 15) is 14.0 Å². The number of para-hydroxylation sites is 2. The van der Waals surface area contributed by atoms with E-state index in [1.807, 2.05) is 32.0 Å². The van der Waals surface area contributed by atoms with Crippen LogP contribution >= 0.6 is 0 Å². The van der Waals surface area contributed by atoms with Crippen LogP contribution in [0.2, 0.25) is 0 Å². The Morgan fingerprint density at radius 2 is 1.75 bits per heavy atom. The van der Waals surface area contributed by atoms with Gasteiger partial charge in [0, 0.05) is 6.54 Å². The molecule has 2 unspecified atom stereocenters. The van der Waals surface area contributed by atoms with E-state index >= 15 is 0 Å². The Bertz CT molecular complexity index is 836. The summed E-state index contributed by atoms with van der Waals surface area (Å²) < 4.78 is 18.6. The minimum absolute atomic E-state index is 0.00129. The molecule has 6 heteroatoms. The van der Waals surface area contributed by atoms with Gasteiger partial charge in [0.25, 0.3) is 0 Å². The van der Waals surface area contributed by atoms with Crippen LogP contribution in [0.3, 0.4) is 0 Å². The summed E-state index contributed by atoms with van der Waals surface area (Å²) in [7, 11) is 0. The quantitative estimate of drug-likeness (QED) is 0.731. The Labute approximate surface area is 164 Å². The fraction of sp³-hybridized carbons (Fsp3) is 0.364. The lowest BCUT2D eigenvalue weighted by Crippen LogP contribution is -2.29. The number of ether oxygens (including phenoxy) is 1. The summed E-state index contributed by atoms with van der Waals surface area (Å²) in [6.07, 6.45) is 1.16. The lowest BCUT2D eigenvalue weighted by atomic mass is 10.1. The number of hydrogen-bond acceptors (Lipinski definition) is 3. The van der Waals surface area contributed by atoms with Crippen LogP contribution in [-0.4, -0.2) is 24.5 Å². The van der Waals surface area contributed by atoms with Gasteiger partial charge in [-0.1, -0.05) is 24.3 Å². The average Bonchev–Trinajstić information content (AvgIpc) is 3.45. The van der Waals surface area contributed by atoms with Crippen LogP contribution in [0.1, 0.15) is 25.8 Å². The largest absolute Gasteiger partial charge is 0.489 e. The van der Waals surface area contributed by atoms with Crippen LogP contribution in [0, 0.1) is 17.7 Å². The van der Waals surface area contributed by atoms with Gasteiger partial charge in [-0.2, -0.15) is 0 Å². The van der Waals surface area contributed by atoms with Gasteiger partial charge in [-0.15, -0.1) is 0 Å². The molecule has 2 atom stereocenters. The summed E-state index contributed by atoms with van der Waals surface area (Å²) in [5, 5.41) is 5.73. The van der Waals surface area contributed by atoms with Gasteiger partial charge in [0.1, 0.15) is 11.6 Å². The molecule has 1 aliphatic rings. The molecular weight excluding hydrogens is 359 g/mol. The fourth-order valence-electron chi connectivity index (χ4n) is 3.04. The highest BCUT2D eigenvalue weighted by molar-refractivity contribution is 6.00. The molecule has 0 aromatic heterocycles. The Balaban J connectivity index is 1.46. The van der Waals surface area contributed by atoms with E-state index in [0.29, 0.717) is 30.8 Å². The number of benzene rings is 2. The Kier molecular flexibility index (Phi) is 6.29. The van der Waals surface area contributed by atoms with Crippen LogP contribution in [0.15, 0.2) is 48.5 Å². The number of carbonyl (C=O) groups is 2. The zero-order chi connectivity index (χ0) is 20.1. The standard InChI is InChI=1S/C22H25FN2O3/c1-14(2)28-20-6-4-3-5-19(20)25-22(27)18-13-17(18)21(26)24-12-11-15-7-9-16(23)10-8-15/h3-10,14,17-18H,11-13H2,1-2H3,(H,24,26)(H,25,27). The van der Waals surface area contributed by atoms with Crippen LogP contribution in [0.25, 0.3) is 0 Å². The lowest BCUT2D eigenvalue weighted by molar-refractivity contribution is -0.125. The summed E-state index contributed by atoms with van der Waals surface area (Å²) in [6.45, 7) is 4.30. The van der Waals surface area contributed by atoms with Crippen molar-refractivity contribution in [2.45, 2.75) is 32.8 Å². The van der Waals surface area contributed by atoms with E-state index in [4.69, 9.17) is 4.74 Å². The Morgan fingerprint density at radius 1 is 1.07 bits per heavy atom. The van der Waals surface area contributed by atoms with Crippen molar-refractivity contribution in [2.24, 2.45) is 11.8 Å². The zero-order valence-corrected chi connectivity index (χ0v) is 16.1. The van der Waals surface area contributed by atoms with Crippen LogP contribution < -0.4 is 15.4 Å². The SMILES string of the molecule is CC(C)Oc1ccccc1NC(=O)C1CC1C(=O)NCCc1ccc(F)cc1. The first-order valence-electron chi connectivity index (χ1n) is 9.52. The molecule has 0 heterocycles. The van der Waals surface area contributed by atoms with E-state index < -0.39 is 0 Å². The van der Waals surface area contributed by atoms with Gasteiger partial charge in [-0.05, 0) is 56.5 Å². The number of carbonyl (C=O) groups excluding carboxylic acids is 2. The number of halogens is 1. The van der Waals surface area contributed by atoms with Gasteiger partial charge in [0.05, 0.1) is 23.6 Å². The first kappa shape index (κ1) is 19.9. The van der Waals surface area contributed by atoms with Crippen LogP contribution in [0.4, 0.5) is 10.1 Å². The second-order valence-corrected chi connectivity index (χ2v) is 7.27. The normalized spacial score (nSPS) is 17.9. The van der Waals surface area contributed by atoms with E-state index in [0.717, 1.165) is 5.56 Å². The molecule has 0 spiro atoms. The first-order chi connectivity index (χ1) is 13.4. The van der Waals surface area contributed by atoms with Crippen LogP contribution in [-0.2, 0) is 16.0 Å². The third kappa shape index (κ3) is 5.31. The molecule has 2 aromatic rings. The second-order valence-electron chi connectivity index (χ2n) is 7.27.